The molecule has 0 saturated carbocycles. The standard InChI is InChI=1S/C27H51NO3.CH4O/c1-26(30)22-18-14-13-16-20-24-28-27(31)23-19-15-11-9-7-5-3-2-4-6-8-10-12-17-21-25-29;1-2/h25H,2-24H2,1H3,(H,28,31);2H,1H3. The summed E-state index contributed by atoms with van der Waals surface area (Å²) in [4.78, 5) is 32.9. The van der Waals surface area contributed by atoms with Crippen LogP contribution < -0.4 is 5.32 Å². The number of rotatable bonds is 25. The number of hydrogen-bond acceptors (Lipinski definition) is 4. The van der Waals surface area contributed by atoms with Gasteiger partial charge in [0.15, 0.2) is 0 Å². The number of aldehydes is 1. The molecule has 5 nitrogen and oxygen atoms in total. The van der Waals surface area contributed by atoms with E-state index in [2.05, 4.69) is 5.32 Å². The Morgan fingerprint density at radius 2 is 0.939 bits per heavy atom. The Hall–Kier alpha value is -1.23. The summed E-state index contributed by atoms with van der Waals surface area (Å²) in [6.07, 6.45) is 26.4. The maximum atomic E-state index is 11.8. The molecule has 2 N–H and O–H groups in total. The predicted octanol–water partition coefficient (Wildman–Crippen LogP) is 7.08. The molecular formula is C28H55NO4. The molecule has 0 rings (SSSR count). The molecule has 0 aliphatic carbocycles. The van der Waals surface area contributed by atoms with Crippen LogP contribution in [0.3, 0.4) is 0 Å². The first-order valence-electron chi connectivity index (χ1n) is 13.8. The largest absolute Gasteiger partial charge is 0.400 e. The number of carbonyl (C=O) groups is 3. The van der Waals surface area contributed by atoms with Gasteiger partial charge in [-0.3, -0.25) is 4.79 Å². The van der Waals surface area contributed by atoms with Gasteiger partial charge in [0.25, 0.3) is 0 Å². The molecule has 0 heterocycles. The monoisotopic (exact) mass is 469 g/mol. The minimum absolute atomic E-state index is 0.209. The van der Waals surface area contributed by atoms with Crippen LogP contribution in [0.15, 0.2) is 0 Å². The molecule has 0 aromatic rings. The fourth-order valence-corrected chi connectivity index (χ4v) is 3.98. The Morgan fingerprint density at radius 1 is 0.576 bits per heavy atom. The molecule has 0 aliphatic heterocycles. The molecule has 33 heavy (non-hydrogen) atoms. The SMILES string of the molecule is CC(=O)CCCCCCCNC(=O)CCCCCCCCCCCCCCCCC=O.CO. The number of aliphatic hydroxyl groups is 1. The molecule has 0 saturated heterocycles. The lowest BCUT2D eigenvalue weighted by Crippen LogP contribution is -2.23. The molecule has 0 aliphatic rings. The summed E-state index contributed by atoms with van der Waals surface area (Å²) < 4.78 is 0. The van der Waals surface area contributed by atoms with Gasteiger partial charge in [0, 0.05) is 32.9 Å². The first-order valence-corrected chi connectivity index (χ1v) is 13.8. The van der Waals surface area contributed by atoms with Crippen LogP contribution in [-0.4, -0.2) is 36.7 Å². The Bertz CT molecular complexity index is 426. The van der Waals surface area contributed by atoms with Gasteiger partial charge >= 0.3 is 0 Å². The fraction of sp³-hybridized carbons (Fsp3) is 0.893. The summed E-state index contributed by atoms with van der Waals surface area (Å²) in [5.74, 6) is 0.494. The van der Waals surface area contributed by atoms with E-state index in [-0.39, 0.29) is 11.7 Å². The van der Waals surface area contributed by atoms with Gasteiger partial charge in [-0.1, -0.05) is 96.3 Å². The summed E-state index contributed by atoms with van der Waals surface area (Å²) in [5.41, 5.74) is 0. The van der Waals surface area contributed by atoms with Crippen LogP contribution in [0.1, 0.15) is 148 Å². The van der Waals surface area contributed by atoms with Crippen LogP contribution in [0.25, 0.3) is 0 Å². The number of amides is 1. The van der Waals surface area contributed by atoms with Crippen LogP contribution >= 0.6 is 0 Å². The summed E-state index contributed by atoms with van der Waals surface area (Å²) in [5, 5.41) is 10.0. The number of ketones is 1. The smallest absolute Gasteiger partial charge is 0.219 e. The van der Waals surface area contributed by atoms with Crippen molar-refractivity contribution in [1.29, 1.82) is 0 Å². The number of nitrogens with one attached hydrogen (secondary N) is 1. The second-order valence-corrected chi connectivity index (χ2v) is 9.22. The molecule has 0 unspecified atom stereocenters. The summed E-state index contributed by atoms with van der Waals surface area (Å²) in [6.45, 7) is 2.45. The minimum atomic E-state index is 0.209. The molecule has 0 fully saturated rings. The Balaban J connectivity index is 0. The van der Waals surface area contributed by atoms with E-state index >= 15 is 0 Å². The van der Waals surface area contributed by atoms with Gasteiger partial charge in [0.05, 0.1) is 0 Å². The van der Waals surface area contributed by atoms with Crippen molar-refractivity contribution in [3.63, 3.8) is 0 Å². The molecule has 0 spiro atoms. The van der Waals surface area contributed by atoms with Crippen molar-refractivity contribution in [3.8, 4) is 0 Å². The van der Waals surface area contributed by atoms with E-state index in [4.69, 9.17) is 5.11 Å². The number of carbonyl (C=O) groups excluding carboxylic acids is 3. The van der Waals surface area contributed by atoms with Gasteiger partial charge < -0.3 is 20.0 Å². The van der Waals surface area contributed by atoms with Crippen molar-refractivity contribution in [2.75, 3.05) is 13.7 Å². The third-order valence-corrected chi connectivity index (χ3v) is 6.00. The molecule has 5 heteroatoms. The van der Waals surface area contributed by atoms with Crippen molar-refractivity contribution >= 4 is 18.0 Å². The van der Waals surface area contributed by atoms with E-state index in [1.165, 1.54) is 77.0 Å². The lowest BCUT2D eigenvalue weighted by molar-refractivity contribution is -0.121. The lowest BCUT2D eigenvalue weighted by Gasteiger charge is -2.06. The number of Topliss-reactive ketones (excluding diaryl/α,β-unsaturated/α-hetero) is 1. The summed E-state index contributed by atoms with van der Waals surface area (Å²) >= 11 is 0. The number of hydrogen-bond donors (Lipinski definition) is 2. The maximum Gasteiger partial charge on any atom is 0.219 e. The molecule has 0 radical (unpaired) electrons. The van der Waals surface area contributed by atoms with Crippen molar-refractivity contribution in [2.24, 2.45) is 0 Å². The average Bonchev–Trinajstić information content (AvgIpc) is 2.81. The lowest BCUT2D eigenvalue weighted by atomic mass is 10.0. The van der Waals surface area contributed by atoms with Crippen molar-refractivity contribution in [2.45, 2.75) is 148 Å². The summed E-state index contributed by atoms with van der Waals surface area (Å²) in [6, 6.07) is 0. The third kappa shape index (κ3) is 33.0. The van der Waals surface area contributed by atoms with Crippen molar-refractivity contribution in [3.05, 3.63) is 0 Å². The van der Waals surface area contributed by atoms with Gasteiger partial charge in [-0.25, -0.2) is 0 Å². The van der Waals surface area contributed by atoms with Gasteiger partial charge in [0.1, 0.15) is 12.1 Å². The van der Waals surface area contributed by atoms with E-state index in [1.807, 2.05) is 0 Å². The predicted molar refractivity (Wildman–Crippen MR) is 139 cm³/mol. The molecule has 0 atom stereocenters. The highest BCUT2D eigenvalue weighted by Crippen LogP contribution is 2.13. The van der Waals surface area contributed by atoms with Crippen LogP contribution in [0.2, 0.25) is 0 Å². The van der Waals surface area contributed by atoms with E-state index in [9.17, 15) is 14.4 Å². The van der Waals surface area contributed by atoms with E-state index in [1.54, 1.807) is 6.92 Å². The molecule has 0 aromatic heterocycles. The zero-order chi connectivity index (χ0) is 24.8. The molecule has 0 aromatic carbocycles. The normalized spacial score (nSPS) is 10.4. The molecule has 0 bridgehead atoms. The first-order chi connectivity index (χ1) is 16.2. The topological polar surface area (TPSA) is 83.5 Å². The van der Waals surface area contributed by atoms with Gasteiger partial charge in [-0.15, -0.1) is 0 Å². The third-order valence-electron chi connectivity index (χ3n) is 6.00. The molecule has 196 valence electrons. The maximum absolute atomic E-state index is 11.8. The van der Waals surface area contributed by atoms with E-state index in [0.717, 1.165) is 71.3 Å². The quantitative estimate of drug-likeness (QED) is 0.110. The molecular weight excluding hydrogens is 414 g/mol. The minimum Gasteiger partial charge on any atom is -0.400 e. The number of aliphatic hydroxyl groups excluding tert-OH is 1. The van der Waals surface area contributed by atoms with Gasteiger partial charge in [0.2, 0.25) is 5.91 Å². The highest BCUT2D eigenvalue weighted by molar-refractivity contribution is 5.75. The fourth-order valence-electron chi connectivity index (χ4n) is 3.98. The Labute approximate surface area is 204 Å². The van der Waals surface area contributed by atoms with Crippen molar-refractivity contribution < 1.29 is 19.5 Å². The van der Waals surface area contributed by atoms with Gasteiger partial charge in [-0.05, 0) is 32.6 Å². The van der Waals surface area contributed by atoms with Crippen LogP contribution in [-0.2, 0) is 14.4 Å². The second-order valence-electron chi connectivity index (χ2n) is 9.22. The van der Waals surface area contributed by atoms with E-state index < -0.39 is 0 Å². The van der Waals surface area contributed by atoms with Crippen LogP contribution in [0.4, 0.5) is 0 Å². The second kappa shape index (κ2) is 30.8. The number of unbranched alkanes of at least 4 members (excludes halogenated alkanes) is 18. The zero-order valence-corrected chi connectivity index (χ0v) is 22.0. The van der Waals surface area contributed by atoms with Crippen molar-refractivity contribution in [1.82, 2.24) is 5.32 Å². The zero-order valence-electron chi connectivity index (χ0n) is 22.0. The van der Waals surface area contributed by atoms with Crippen LogP contribution in [0.5, 0.6) is 0 Å². The van der Waals surface area contributed by atoms with Crippen LogP contribution in [0, 0.1) is 0 Å². The highest BCUT2D eigenvalue weighted by atomic mass is 16.2. The first kappa shape index (κ1) is 33.9. The van der Waals surface area contributed by atoms with Gasteiger partial charge in [-0.2, -0.15) is 0 Å². The average molecular weight is 470 g/mol. The summed E-state index contributed by atoms with van der Waals surface area (Å²) in [7, 11) is 1.00. The molecule has 1 amide bonds. The Morgan fingerprint density at radius 3 is 1.36 bits per heavy atom. The van der Waals surface area contributed by atoms with E-state index in [0.29, 0.717) is 12.8 Å². The highest BCUT2D eigenvalue weighted by Gasteiger charge is 2.01. The Kier molecular flexibility index (Phi) is 31.6.